The molecule has 1 fully saturated rings. The molecule has 1 aliphatic heterocycles. The highest BCUT2D eigenvalue weighted by Crippen LogP contribution is 2.41. The van der Waals surface area contributed by atoms with Crippen LogP contribution in [0.4, 0.5) is 10.1 Å². The second-order valence-electron chi connectivity index (χ2n) is 10.2. The van der Waals surface area contributed by atoms with Crippen molar-refractivity contribution in [2.45, 2.75) is 71.9 Å². The van der Waals surface area contributed by atoms with Crippen molar-refractivity contribution in [3.8, 4) is 22.4 Å². The van der Waals surface area contributed by atoms with Gasteiger partial charge in [-0.25, -0.2) is 4.39 Å². The number of halogens is 1. The maximum atomic E-state index is 13.7. The van der Waals surface area contributed by atoms with Crippen LogP contribution >= 0.6 is 0 Å². The van der Waals surface area contributed by atoms with Gasteiger partial charge in [-0.1, -0.05) is 76.2 Å². The fraction of sp³-hybridized carbons (Fsp3) is 0.333. The van der Waals surface area contributed by atoms with Crippen LogP contribution in [0.5, 0.6) is 0 Å². The van der Waals surface area contributed by atoms with E-state index in [1.54, 1.807) is 12.1 Å². The Kier molecular flexibility index (Phi) is 12.5. The molecule has 3 aromatic carbocycles. The molecule has 1 unspecified atom stereocenters. The van der Waals surface area contributed by atoms with Gasteiger partial charge in [0.25, 0.3) is 0 Å². The molecule has 0 aliphatic carbocycles. The van der Waals surface area contributed by atoms with E-state index in [0.717, 1.165) is 52.9 Å². The fourth-order valence-electron chi connectivity index (χ4n) is 5.29. The van der Waals surface area contributed by atoms with Gasteiger partial charge < -0.3 is 14.6 Å². The first kappa shape index (κ1) is 32.3. The van der Waals surface area contributed by atoms with Crippen LogP contribution in [-0.2, 0) is 16.1 Å². The number of ether oxygens (including phenoxy) is 1. The molecule has 42 heavy (non-hydrogen) atoms. The van der Waals surface area contributed by atoms with Crippen molar-refractivity contribution in [1.82, 2.24) is 4.57 Å². The summed E-state index contributed by atoms with van der Waals surface area (Å²) in [6, 6.07) is 26.3. The van der Waals surface area contributed by atoms with Gasteiger partial charge in [0.1, 0.15) is 11.9 Å². The summed E-state index contributed by atoms with van der Waals surface area (Å²) >= 11 is 0. The van der Waals surface area contributed by atoms with Crippen LogP contribution < -0.4 is 5.32 Å². The molecule has 0 saturated carbocycles. The van der Waals surface area contributed by atoms with Gasteiger partial charge in [-0.2, -0.15) is 0 Å². The number of aromatic nitrogens is 1. The molecule has 1 aromatic heterocycles. The minimum Gasteiger partial charge on any atom is -0.462 e. The van der Waals surface area contributed by atoms with E-state index >= 15 is 0 Å². The number of carbonyl (C=O) groups is 2. The predicted octanol–water partition coefficient (Wildman–Crippen LogP) is 9.14. The van der Waals surface area contributed by atoms with E-state index in [-0.39, 0.29) is 23.8 Å². The van der Waals surface area contributed by atoms with Crippen molar-refractivity contribution in [2.24, 2.45) is 0 Å². The number of aldehydes is 1. The number of hydrogen-bond donors (Lipinski definition) is 1. The molecule has 0 spiro atoms. The Morgan fingerprint density at radius 1 is 0.952 bits per heavy atom. The highest BCUT2D eigenvalue weighted by Gasteiger charge is 2.27. The number of nitrogens with one attached hydrogen (secondary N) is 1. The van der Waals surface area contributed by atoms with E-state index in [2.05, 4.69) is 23.7 Å². The van der Waals surface area contributed by atoms with Crippen LogP contribution in [0.25, 0.3) is 22.4 Å². The number of hydrogen-bond acceptors (Lipinski definition) is 4. The maximum absolute atomic E-state index is 13.7. The minimum atomic E-state index is -0.304. The van der Waals surface area contributed by atoms with Gasteiger partial charge in [0.05, 0.1) is 5.69 Å². The Bertz CT molecular complexity index is 1400. The lowest BCUT2D eigenvalue weighted by Crippen LogP contribution is -2.25. The van der Waals surface area contributed by atoms with Gasteiger partial charge in [0, 0.05) is 48.9 Å². The third kappa shape index (κ3) is 8.19. The number of carbonyl (C=O) groups excluding carboxylic acids is 2. The summed E-state index contributed by atoms with van der Waals surface area (Å²) in [6.07, 6.45) is 3.64. The SMILES string of the molecule is CC.CC(C)c1c(C=O)c(-c2ccccc2)c(-c2ccc(F)cc2)n1CCC1CCCC(=O)O1.CNc1ccccc1. The summed E-state index contributed by atoms with van der Waals surface area (Å²) in [5, 5.41) is 3.03. The molecule has 2 heterocycles. The van der Waals surface area contributed by atoms with E-state index in [1.165, 1.54) is 12.1 Å². The molecule has 5 nitrogen and oxygen atoms in total. The Balaban J connectivity index is 0.000000414. The van der Waals surface area contributed by atoms with Gasteiger partial charge in [-0.3, -0.25) is 9.59 Å². The maximum Gasteiger partial charge on any atom is 0.306 e. The number of rotatable bonds is 8. The van der Waals surface area contributed by atoms with Gasteiger partial charge >= 0.3 is 5.97 Å². The van der Waals surface area contributed by atoms with Crippen molar-refractivity contribution in [3.63, 3.8) is 0 Å². The topological polar surface area (TPSA) is 60.3 Å². The molecule has 6 heteroatoms. The molecule has 4 aromatic rings. The normalized spacial score (nSPS) is 14.2. The molecule has 0 bridgehead atoms. The first-order valence-corrected chi connectivity index (χ1v) is 14.9. The predicted molar refractivity (Wildman–Crippen MR) is 170 cm³/mol. The summed E-state index contributed by atoms with van der Waals surface area (Å²) in [5.41, 5.74) is 6.30. The van der Waals surface area contributed by atoms with Gasteiger partial charge in [0.2, 0.25) is 0 Å². The standard InChI is InChI=1S/C27H28FNO3.C7H9N.C2H6/c1-18(2)26-23(17-30)25(19-7-4-3-5-8-19)27(20-11-13-21(28)14-12-20)29(26)16-15-22-9-6-10-24(31)32-22;1-8-7-5-3-2-4-6-7;1-2/h3-5,7-8,11-14,17-18,22H,6,9-10,15-16H2,1-2H3;2-6,8H,1H3;1-2H3. The van der Waals surface area contributed by atoms with Crippen molar-refractivity contribution in [2.75, 3.05) is 12.4 Å². The smallest absolute Gasteiger partial charge is 0.306 e. The Morgan fingerprint density at radius 3 is 2.10 bits per heavy atom. The van der Waals surface area contributed by atoms with Crippen LogP contribution in [0, 0.1) is 5.82 Å². The quantitative estimate of drug-likeness (QED) is 0.169. The van der Waals surface area contributed by atoms with Crippen molar-refractivity contribution in [1.29, 1.82) is 0 Å². The van der Waals surface area contributed by atoms with Crippen LogP contribution in [0.1, 0.15) is 75.3 Å². The molecule has 1 aliphatic rings. The lowest BCUT2D eigenvalue weighted by atomic mass is 9.96. The van der Waals surface area contributed by atoms with E-state index in [9.17, 15) is 14.0 Å². The monoisotopic (exact) mass is 570 g/mol. The van der Waals surface area contributed by atoms with Crippen molar-refractivity contribution < 1.29 is 18.7 Å². The highest BCUT2D eigenvalue weighted by atomic mass is 19.1. The molecule has 1 atom stereocenters. The average molecular weight is 571 g/mol. The Morgan fingerprint density at radius 2 is 1.57 bits per heavy atom. The number of anilines is 1. The molecule has 0 amide bonds. The fourth-order valence-corrected chi connectivity index (χ4v) is 5.29. The van der Waals surface area contributed by atoms with E-state index < -0.39 is 0 Å². The largest absolute Gasteiger partial charge is 0.462 e. The molecule has 1 saturated heterocycles. The molecular weight excluding hydrogens is 527 g/mol. The van der Waals surface area contributed by atoms with E-state index in [4.69, 9.17) is 4.74 Å². The Hall–Kier alpha value is -4.19. The number of benzene rings is 3. The van der Waals surface area contributed by atoms with E-state index in [0.29, 0.717) is 24.9 Å². The third-order valence-electron chi connectivity index (χ3n) is 7.13. The first-order valence-electron chi connectivity index (χ1n) is 14.9. The van der Waals surface area contributed by atoms with Crippen LogP contribution in [0.15, 0.2) is 84.9 Å². The molecule has 1 N–H and O–H groups in total. The average Bonchev–Trinajstić information content (AvgIpc) is 3.37. The number of para-hydroxylation sites is 1. The van der Waals surface area contributed by atoms with Crippen molar-refractivity contribution >= 4 is 17.9 Å². The van der Waals surface area contributed by atoms with Crippen LogP contribution in [-0.4, -0.2) is 30.0 Å². The summed E-state index contributed by atoms with van der Waals surface area (Å²) < 4.78 is 21.4. The molecular formula is C36H43FN2O3. The number of cyclic esters (lactones) is 1. The lowest BCUT2D eigenvalue weighted by molar-refractivity contribution is -0.154. The van der Waals surface area contributed by atoms with Crippen LogP contribution in [0.3, 0.4) is 0 Å². The zero-order valence-electron chi connectivity index (χ0n) is 25.4. The summed E-state index contributed by atoms with van der Waals surface area (Å²) in [5.74, 6) is -0.349. The second-order valence-corrected chi connectivity index (χ2v) is 10.2. The van der Waals surface area contributed by atoms with Crippen LogP contribution in [0.2, 0.25) is 0 Å². The second kappa shape index (κ2) is 16.3. The zero-order chi connectivity index (χ0) is 30.5. The third-order valence-corrected chi connectivity index (χ3v) is 7.13. The van der Waals surface area contributed by atoms with Gasteiger partial charge in [-0.05, 0) is 66.3 Å². The Labute approximate surface area is 249 Å². The number of esters is 1. The van der Waals surface area contributed by atoms with Crippen molar-refractivity contribution in [3.05, 3.63) is 102 Å². The summed E-state index contributed by atoms with van der Waals surface area (Å²) in [6.45, 7) is 8.75. The molecule has 5 rings (SSSR count). The highest BCUT2D eigenvalue weighted by molar-refractivity contribution is 5.97. The minimum absolute atomic E-state index is 0.0979. The number of nitrogens with zero attached hydrogens (tertiary/aromatic N) is 1. The van der Waals surface area contributed by atoms with E-state index in [1.807, 2.05) is 81.6 Å². The summed E-state index contributed by atoms with van der Waals surface area (Å²) in [4.78, 5) is 24.1. The summed E-state index contributed by atoms with van der Waals surface area (Å²) in [7, 11) is 1.91. The molecule has 222 valence electrons. The lowest BCUT2D eigenvalue weighted by Gasteiger charge is -2.24. The zero-order valence-corrected chi connectivity index (χ0v) is 25.4. The van der Waals surface area contributed by atoms with Gasteiger partial charge in [-0.15, -0.1) is 0 Å². The first-order chi connectivity index (χ1) is 20.4. The van der Waals surface area contributed by atoms with Gasteiger partial charge in [0.15, 0.2) is 6.29 Å². The molecule has 0 radical (unpaired) electrons.